The standard InChI is InChI=1S/C19H31NO3.ClH/c1-5-14-23-19(21)8-7-13-20(6-2)16(3)15-17-9-11-18(22-4)12-10-17;/h9-12,16H,5-8,13-15H2,1-4H3;1H. The van der Waals surface area contributed by atoms with E-state index in [1.165, 1.54) is 5.56 Å². The van der Waals surface area contributed by atoms with Gasteiger partial charge in [0.2, 0.25) is 0 Å². The van der Waals surface area contributed by atoms with Crippen molar-refractivity contribution in [2.75, 3.05) is 26.8 Å². The molecule has 1 aromatic carbocycles. The van der Waals surface area contributed by atoms with E-state index in [9.17, 15) is 4.79 Å². The normalized spacial score (nSPS) is 11.7. The Morgan fingerprint density at radius 2 is 1.88 bits per heavy atom. The van der Waals surface area contributed by atoms with Crippen molar-refractivity contribution in [2.45, 2.75) is 52.5 Å². The zero-order valence-electron chi connectivity index (χ0n) is 15.4. The van der Waals surface area contributed by atoms with Gasteiger partial charge in [-0.2, -0.15) is 0 Å². The van der Waals surface area contributed by atoms with Crippen molar-refractivity contribution in [1.82, 2.24) is 4.90 Å². The Labute approximate surface area is 152 Å². The highest BCUT2D eigenvalue weighted by Crippen LogP contribution is 2.15. The molecular weight excluding hydrogens is 326 g/mol. The predicted octanol–water partition coefficient (Wildman–Crippen LogP) is 4.10. The van der Waals surface area contributed by atoms with Crippen LogP contribution in [0, 0.1) is 0 Å². The number of carbonyl (C=O) groups is 1. The molecule has 4 nitrogen and oxygen atoms in total. The van der Waals surface area contributed by atoms with Crippen molar-refractivity contribution in [3.8, 4) is 5.75 Å². The van der Waals surface area contributed by atoms with E-state index in [-0.39, 0.29) is 18.4 Å². The molecule has 24 heavy (non-hydrogen) atoms. The number of likely N-dealkylation sites (N-methyl/N-ethyl adjacent to an activating group) is 1. The first-order chi connectivity index (χ1) is 11.1. The first kappa shape index (κ1) is 22.7. The highest BCUT2D eigenvalue weighted by Gasteiger charge is 2.13. The van der Waals surface area contributed by atoms with Gasteiger partial charge in [0.1, 0.15) is 5.75 Å². The van der Waals surface area contributed by atoms with Crippen LogP contribution >= 0.6 is 12.4 Å². The summed E-state index contributed by atoms with van der Waals surface area (Å²) in [7, 11) is 1.68. The van der Waals surface area contributed by atoms with Crippen LogP contribution in [0.3, 0.4) is 0 Å². The summed E-state index contributed by atoms with van der Waals surface area (Å²) in [6, 6.07) is 8.68. The lowest BCUT2D eigenvalue weighted by Crippen LogP contribution is -2.35. The zero-order valence-corrected chi connectivity index (χ0v) is 16.2. The van der Waals surface area contributed by atoms with Crippen molar-refractivity contribution >= 4 is 18.4 Å². The van der Waals surface area contributed by atoms with Gasteiger partial charge in [0.05, 0.1) is 13.7 Å². The minimum Gasteiger partial charge on any atom is -0.497 e. The molecule has 1 aromatic rings. The zero-order chi connectivity index (χ0) is 17.1. The smallest absolute Gasteiger partial charge is 0.305 e. The third-order valence-electron chi connectivity index (χ3n) is 4.01. The van der Waals surface area contributed by atoms with Crippen LogP contribution in [0.1, 0.15) is 45.6 Å². The highest BCUT2D eigenvalue weighted by molar-refractivity contribution is 5.85. The second-order valence-electron chi connectivity index (χ2n) is 5.85. The summed E-state index contributed by atoms with van der Waals surface area (Å²) in [5, 5.41) is 0. The number of hydrogen-bond acceptors (Lipinski definition) is 4. The second kappa shape index (κ2) is 13.1. The highest BCUT2D eigenvalue weighted by atomic mass is 35.5. The molecular formula is C19H32ClNO3. The number of methoxy groups -OCH3 is 1. The molecule has 0 spiro atoms. The lowest BCUT2D eigenvalue weighted by molar-refractivity contribution is -0.143. The average molecular weight is 358 g/mol. The number of esters is 1. The van der Waals surface area contributed by atoms with Crippen molar-refractivity contribution in [1.29, 1.82) is 0 Å². The third-order valence-corrected chi connectivity index (χ3v) is 4.01. The van der Waals surface area contributed by atoms with Crippen LogP contribution in [0.5, 0.6) is 5.75 Å². The first-order valence-corrected chi connectivity index (χ1v) is 8.63. The molecule has 0 aromatic heterocycles. The topological polar surface area (TPSA) is 38.8 Å². The van der Waals surface area contributed by atoms with E-state index in [1.54, 1.807) is 7.11 Å². The van der Waals surface area contributed by atoms with Crippen LogP contribution < -0.4 is 4.74 Å². The summed E-state index contributed by atoms with van der Waals surface area (Å²) in [5.74, 6) is 0.810. The van der Waals surface area contributed by atoms with Crippen molar-refractivity contribution in [2.24, 2.45) is 0 Å². The number of benzene rings is 1. The fourth-order valence-electron chi connectivity index (χ4n) is 2.64. The van der Waals surface area contributed by atoms with E-state index in [2.05, 4.69) is 30.9 Å². The number of hydrogen-bond donors (Lipinski definition) is 0. The third kappa shape index (κ3) is 8.55. The second-order valence-corrected chi connectivity index (χ2v) is 5.85. The van der Waals surface area contributed by atoms with Crippen LogP contribution in [0.25, 0.3) is 0 Å². The summed E-state index contributed by atoms with van der Waals surface area (Å²) in [4.78, 5) is 14.0. The summed E-state index contributed by atoms with van der Waals surface area (Å²) >= 11 is 0. The van der Waals surface area contributed by atoms with Crippen LogP contribution in [-0.2, 0) is 16.0 Å². The molecule has 0 aliphatic rings. The van der Waals surface area contributed by atoms with E-state index in [4.69, 9.17) is 9.47 Å². The Balaban J connectivity index is 0.00000529. The maximum atomic E-state index is 11.5. The Kier molecular flexibility index (Phi) is 12.4. The van der Waals surface area contributed by atoms with Gasteiger partial charge in [0, 0.05) is 12.5 Å². The molecule has 0 N–H and O–H groups in total. The molecule has 138 valence electrons. The molecule has 5 heteroatoms. The Morgan fingerprint density at radius 3 is 2.42 bits per heavy atom. The van der Waals surface area contributed by atoms with Gasteiger partial charge in [-0.1, -0.05) is 26.0 Å². The fraction of sp³-hybridized carbons (Fsp3) is 0.632. The molecule has 0 saturated carbocycles. The molecule has 0 heterocycles. The number of rotatable bonds is 11. The van der Waals surface area contributed by atoms with Gasteiger partial charge in [-0.3, -0.25) is 4.79 Å². The average Bonchev–Trinajstić information content (AvgIpc) is 2.57. The summed E-state index contributed by atoms with van der Waals surface area (Å²) in [6.45, 7) is 8.86. The Morgan fingerprint density at radius 1 is 1.21 bits per heavy atom. The van der Waals surface area contributed by atoms with Crippen molar-refractivity contribution in [3.05, 3.63) is 29.8 Å². The summed E-state index contributed by atoms with van der Waals surface area (Å²) in [5.41, 5.74) is 1.30. The molecule has 1 unspecified atom stereocenters. The van der Waals surface area contributed by atoms with Gasteiger partial charge in [0.25, 0.3) is 0 Å². The maximum absolute atomic E-state index is 11.5. The van der Waals surface area contributed by atoms with E-state index in [0.717, 1.165) is 38.1 Å². The van der Waals surface area contributed by atoms with E-state index in [1.807, 2.05) is 19.1 Å². The van der Waals surface area contributed by atoms with Crippen molar-refractivity contribution < 1.29 is 14.3 Å². The molecule has 0 saturated heterocycles. The lowest BCUT2D eigenvalue weighted by atomic mass is 10.1. The van der Waals surface area contributed by atoms with E-state index >= 15 is 0 Å². The Bertz CT molecular complexity index is 450. The summed E-state index contributed by atoms with van der Waals surface area (Å²) in [6.07, 6.45) is 3.24. The fourth-order valence-corrected chi connectivity index (χ4v) is 2.64. The van der Waals surface area contributed by atoms with Gasteiger partial charge >= 0.3 is 5.97 Å². The van der Waals surface area contributed by atoms with Crippen LogP contribution in [-0.4, -0.2) is 43.7 Å². The molecule has 0 radical (unpaired) electrons. The summed E-state index contributed by atoms with van der Waals surface area (Å²) < 4.78 is 10.3. The van der Waals surface area contributed by atoms with Crippen molar-refractivity contribution in [3.63, 3.8) is 0 Å². The van der Waals surface area contributed by atoms with Gasteiger partial charge < -0.3 is 14.4 Å². The molecule has 0 fully saturated rings. The first-order valence-electron chi connectivity index (χ1n) is 8.63. The number of carbonyl (C=O) groups excluding carboxylic acids is 1. The largest absolute Gasteiger partial charge is 0.497 e. The van der Waals surface area contributed by atoms with Crippen LogP contribution in [0.4, 0.5) is 0 Å². The van der Waals surface area contributed by atoms with E-state index < -0.39 is 0 Å². The SMILES string of the molecule is CCCOC(=O)CCCN(CC)C(C)Cc1ccc(OC)cc1.Cl. The van der Waals surface area contributed by atoms with Crippen LogP contribution in [0.2, 0.25) is 0 Å². The van der Waals surface area contributed by atoms with Gasteiger partial charge in [0.15, 0.2) is 0 Å². The molecule has 0 aliphatic heterocycles. The lowest BCUT2D eigenvalue weighted by Gasteiger charge is -2.28. The Hall–Kier alpha value is -1.26. The van der Waals surface area contributed by atoms with Gasteiger partial charge in [-0.15, -0.1) is 12.4 Å². The minimum absolute atomic E-state index is 0. The number of nitrogens with zero attached hydrogens (tertiary/aromatic N) is 1. The molecule has 1 atom stereocenters. The van der Waals surface area contributed by atoms with Gasteiger partial charge in [-0.05, 0) is 57.0 Å². The molecule has 1 rings (SSSR count). The quantitative estimate of drug-likeness (QED) is 0.559. The predicted molar refractivity (Wildman–Crippen MR) is 101 cm³/mol. The molecule has 0 bridgehead atoms. The molecule has 0 aliphatic carbocycles. The number of halogens is 1. The monoisotopic (exact) mass is 357 g/mol. The van der Waals surface area contributed by atoms with Crippen LogP contribution in [0.15, 0.2) is 24.3 Å². The van der Waals surface area contributed by atoms with E-state index in [0.29, 0.717) is 19.1 Å². The van der Waals surface area contributed by atoms with Gasteiger partial charge in [-0.25, -0.2) is 0 Å². The maximum Gasteiger partial charge on any atom is 0.305 e. The number of ether oxygens (including phenoxy) is 2. The minimum atomic E-state index is -0.0780. The molecule has 0 amide bonds.